The first-order valence-electron chi connectivity index (χ1n) is 14.3. The summed E-state index contributed by atoms with van der Waals surface area (Å²) in [4.78, 5) is 0. The summed E-state index contributed by atoms with van der Waals surface area (Å²) in [5, 5.41) is 0. The monoisotopic (exact) mass is 787 g/mol. The van der Waals surface area contributed by atoms with Gasteiger partial charge in [-0.2, -0.15) is 0 Å². The first kappa shape index (κ1) is 39.4. The van der Waals surface area contributed by atoms with Gasteiger partial charge in [0.15, 0.2) is 0 Å². The Morgan fingerprint density at radius 2 is 1.22 bits per heavy atom. The molecule has 6 heteroatoms. The molecule has 1 aromatic carbocycles. The average molecular weight is 792 g/mol. The maximum atomic E-state index is 6.51. The van der Waals surface area contributed by atoms with Gasteiger partial charge in [-0.1, -0.05) is 25.0 Å². The number of halogens is 4. The van der Waals surface area contributed by atoms with Gasteiger partial charge in [-0.25, -0.2) is 0 Å². The summed E-state index contributed by atoms with van der Waals surface area (Å²) in [5.41, 5.74) is 15.3. The Morgan fingerprint density at radius 3 is 1.54 bits per heavy atom. The minimum absolute atomic E-state index is 0. The molecule has 0 N–H and O–H groups in total. The van der Waals surface area contributed by atoms with E-state index in [0.29, 0.717) is 15.5 Å². The summed E-state index contributed by atoms with van der Waals surface area (Å²) in [6, 6.07) is 8.60. The number of fused-ring (bicyclic) bond motifs is 1. The van der Waals surface area contributed by atoms with Crippen molar-refractivity contribution in [2.75, 3.05) is 0 Å². The van der Waals surface area contributed by atoms with Crippen molar-refractivity contribution in [3.05, 3.63) is 108 Å². The van der Waals surface area contributed by atoms with E-state index in [0.717, 1.165) is 6.42 Å². The molecule has 0 heterocycles. The van der Waals surface area contributed by atoms with E-state index in [1.54, 1.807) is 47.0 Å². The minimum atomic E-state index is -3.83. The molecule has 0 saturated carbocycles. The zero-order valence-electron chi connectivity index (χ0n) is 26.6. The fourth-order valence-electron chi connectivity index (χ4n) is 5.99. The number of allylic oxidation sites excluding steroid dienone is 13. The first-order chi connectivity index (χ1) is 17.8. The second-order valence-electron chi connectivity index (χ2n) is 13.6. The van der Waals surface area contributed by atoms with Crippen LogP contribution in [0.1, 0.15) is 76.6 Å². The quantitative estimate of drug-likeness (QED) is 0.325. The Hall–Kier alpha value is 0.326. The van der Waals surface area contributed by atoms with E-state index < -0.39 is 14.9 Å². The van der Waals surface area contributed by atoms with Gasteiger partial charge in [0, 0.05) is 11.8 Å². The van der Waals surface area contributed by atoms with Crippen LogP contribution in [0.3, 0.4) is 0 Å². The molecule has 4 aliphatic rings. The van der Waals surface area contributed by atoms with E-state index in [4.69, 9.17) is 17.0 Å². The molecule has 5 rings (SSSR count). The van der Waals surface area contributed by atoms with E-state index >= 15 is 0 Å². The molecule has 0 amide bonds. The summed E-state index contributed by atoms with van der Waals surface area (Å²) in [5.74, 6) is 1.19. The molecular formula is C35H47Cl4Zr2. The van der Waals surface area contributed by atoms with Crippen LogP contribution < -0.4 is 24.8 Å². The van der Waals surface area contributed by atoms with Crippen molar-refractivity contribution in [1.82, 2.24) is 0 Å². The van der Waals surface area contributed by atoms with Gasteiger partial charge < -0.3 is 24.8 Å². The molecule has 0 aliphatic heterocycles. The van der Waals surface area contributed by atoms with Crippen molar-refractivity contribution >= 4 is 23.1 Å². The molecule has 223 valence electrons. The van der Waals surface area contributed by atoms with Crippen LogP contribution in [-0.2, 0) is 39.6 Å². The van der Waals surface area contributed by atoms with Gasteiger partial charge in [0.1, 0.15) is 0 Å². The van der Waals surface area contributed by atoms with Gasteiger partial charge in [-0.15, -0.1) is 0 Å². The molecule has 0 saturated heterocycles. The zero-order chi connectivity index (χ0) is 29.6. The van der Waals surface area contributed by atoms with Crippen LogP contribution in [0, 0.1) is 11.8 Å². The first-order valence-corrected chi connectivity index (χ1v) is 30.6. The molecule has 41 heavy (non-hydrogen) atoms. The standard InChI is InChI=1S/C18H26.C9H7.C5H5.3CH3.4ClH.2Zr/c1-9-10(2)14(6)17(13(9)5)18-15(7)11(3)12(4)16(18)8;1-2-5-9-7-3-6-8(9)4-1;1-2-4-5-3-1;;;;;;;;;/h13,15H,1-8H3;1-7H;1-3H,4H2;3*1H3;4*1H;;/q;;;;;;;;;;2*+2/p-4. The van der Waals surface area contributed by atoms with Crippen LogP contribution in [0.25, 0.3) is 6.08 Å². The van der Waals surface area contributed by atoms with Crippen molar-refractivity contribution in [1.29, 1.82) is 0 Å². The summed E-state index contributed by atoms with van der Waals surface area (Å²) in [7, 11) is 13.0. The maximum absolute atomic E-state index is 6.51. The van der Waals surface area contributed by atoms with E-state index in [2.05, 4.69) is 104 Å². The molecule has 0 nitrogen and oxygen atoms in total. The van der Waals surface area contributed by atoms with Crippen molar-refractivity contribution in [2.45, 2.75) is 79.3 Å². The summed E-state index contributed by atoms with van der Waals surface area (Å²) < 4.78 is 8.05. The van der Waals surface area contributed by atoms with E-state index in [1.165, 1.54) is 36.7 Å². The predicted octanol–water partition coefficient (Wildman–Crippen LogP) is 6.41. The van der Waals surface area contributed by atoms with Crippen molar-refractivity contribution in [3.8, 4) is 0 Å². The van der Waals surface area contributed by atoms with Gasteiger partial charge in [-0.3, -0.25) is 0 Å². The van der Waals surface area contributed by atoms with Crippen LogP contribution >= 0.6 is 17.0 Å². The third kappa shape index (κ3) is 8.96. The number of rotatable bonds is 2. The molecule has 4 aliphatic carbocycles. The summed E-state index contributed by atoms with van der Waals surface area (Å²) in [6.07, 6.45) is 11.6. The van der Waals surface area contributed by atoms with Crippen LogP contribution in [0.15, 0.2) is 96.4 Å². The fourth-order valence-corrected chi connectivity index (χ4v) is 12.5. The Bertz CT molecular complexity index is 1340. The normalized spacial score (nSPS) is 24.6. The zero-order valence-corrected chi connectivity index (χ0v) is 34.6. The number of hydrogen-bond donors (Lipinski definition) is 0. The molecule has 3 atom stereocenters. The van der Waals surface area contributed by atoms with Crippen molar-refractivity contribution in [2.24, 2.45) is 11.8 Å². The number of benzene rings is 1. The summed E-state index contributed by atoms with van der Waals surface area (Å²) in [6.45, 7) is 18.5. The van der Waals surface area contributed by atoms with Gasteiger partial charge in [-0.05, 0) is 75.0 Å². The molecule has 1 aromatic rings. The SMILES string of the molecule is CC1=C(C)C(C)C(C2=C(C)C(C)=C(C)C2C)=C1C.[CH3][Zr]([CH3])([CH3])([Cl])([Cl])[C]1=CC=CC1.[Cl-].[Cl-].[Zr+2][CH]1C=Cc2ccccc21. The van der Waals surface area contributed by atoms with Gasteiger partial charge in [0.05, 0.1) is 0 Å². The number of hydrogen-bond acceptors (Lipinski definition) is 0. The topological polar surface area (TPSA) is 0 Å². The Morgan fingerprint density at radius 1 is 0.756 bits per heavy atom. The molecule has 0 radical (unpaired) electrons. The third-order valence-corrected chi connectivity index (χ3v) is 20.3. The molecule has 3 unspecified atom stereocenters. The summed E-state index contributed by atoms with van der Waals surface area (Å²) >= 11 is -2.24. The Labute approximate surface area is 283 Å². The van der Waals surface area contributed by atoms with Crippen LogP contribution in [0.4, 0.5) is 0 Å². The van der Waals surface area contributed by atoms with Crippen LogP contribution in [0.5, 0.6) is 0 Å². The molecule has 0 fully saturated rings. The Kier molecular flexibility index (Phi) is 13.2. The van der Waals surface area contributed by atoms with Crippen LogP contribution in [0.2, 0.25) is 13.9 Å². The fraction of sp³-hybridized carbons (Fsp3) is 0.429. The molecular weight excluding hydrogens is 745 g/mol. The van der Waals surface area contributed by atoms with Gasteiger partial charge in [0.25, 0.3) is 0 Å². The molecule has 0 spiro atoms. The molecule has 0 aromatic heterocycles. The van der Waals surface area contributed by atoms with Crippen molar-refractivity contribution in [3.63, 3.8) is 0 Å². The van der Waals surface area contributed by atoms with Crippen molar-refractivity contribution < 1.29 is 64.4 Å². The molecule has 0 bridgehead atoms. The second kappa shape index (κ2) is 13.8. The van der Waals surface area contributed by atoms with E-state index in [9.17, 15) is 0 Å². The average Bonchev–Trinajstić information content (AvgIpc) is 3.61. The third-order valence-electron chi connectivity index (χ3n) is 9.35. The predicted molar refractivity (Wildman–Crippen MR) is 170 cm³/mol. The second-order valence-corrected chi connectivity index (χ2v) is 53.6. The Balaban J connectivity index is 0.000000317. The van der Waals surface area contributed by atoms with E-state index in [-0.39, 0.29) is 24.8 Å². The van der Waals surface area contributed by atoms with Crippen LogP contribution in [-0.4, -0.2) is 0 Å². The van der Waals surface area contributed by atoms with Gasteiger partial charge >= 0.3 is 150 Å². The van der Waals surface area contributed by atoms with E-state index in [1.807, 2.05) is 20.0 Å². The van der Waals surface area contributed by atoms with Gasteiger partial charge in [0.2, 0.25) is 0 Å².